The van der Waals surface area contributed by atoms with Gasteiger partial charge in [-0.3, -0.25) is 14.8 Å². The maximum Gasteiger partial charge on any atom is 0.413 e. The van der Waals surface area contributed by atoms with E-state index in [2.05, 4.69) is 30.2 Å². The molecule has 0 bridgehead atoms. The predicted octanol–water partition coefficient (Wildman–Crippen LogP) is 5.58. The maximum absolute atomic E-state index is 14.2. The molecular formula is C34H43F2N7O6S. The molecule has 50 heavy (non-hydrogen) atoms. The highest BCUT2D eigenvalue weighted by Crippen LogP contribution is 2.54. The fourth-order valence-electron chi connectivity index (χ4n) is 6.40. The summed E-state index contributed by atoms with van der Waals surface area (Å²) >= 11 is 0. The number of piperidine rings is 2. The van der Waals surface area contributed by atoms with Crippen molar-refractivity contribution in [1.29, 1.82) is 0 Å². The summed E-state index contributed by atoms with van der Waals surface area (Å²) in [5.41, 5.74) is 1.11. The Morgan fingerprint density at radius 2 is 1.58 bits per heavy atom. The third-order valence-electron chi connectivity index (χ3n) is 9.32. The van der Waals surface area contributed by atoms with E-state index in [4.69, 9.17) is 4.74 Å². The van der Waals surface area contributed by atoms with E-state index in [1.165, 1.54) is 18.9 Å². The summed E-state index contributed by atoms with van der Waals surface area (Å²) in [6.07, 6.45) is 2.85. The largest absolute Gasteiger partial charge is 0.444 e. The molecule has 2 aromatic heterocycles. The first-order valence-corrected chi connectivity index (χ1v) is 18.4. The van der Waals surface area contributed by atoms with Crippen LogP contribution in [0.1, 0.15) is 69.7 Å². The lowest BCUT2D eigenvalue weighted by Gasteiger charge is -2.35. The van der Waals surface area contributed by atoms with Crippen LogP contribution in [0.5, 0.6) is 0 Å². The number of hydrogen-bond acceptors (Lipinski definition) is 10. The lowest BCUT2D eigenvalue weighted by atomic mass is 9.93. The highest BCUT2D eigenvalue weighted by atomic mass is 32.2. The van der Waals surface area contributed by atoms with E-state index in [0.717, 1.165) is 12.8 Å². The van der Waals surface area contributed by atoms with E-state index in [1.807, 2.05) is 0 Å². The number of sulfonamides is 1. The van der Waals surface area contributed by atoms with Gasteiger partial charge < -0.3 is 25.0 Å². The first kappa shape index (κ1) is 35.5. The second-order valence-electron chi connectivity index (χ2n) is 14.4. The van der Waals surface area contributed by atoms with Crippen molar-refractivity contribution < 1.29 is 36.6 Å². The Bertz CT molecular complexity index is 1880. The number of amides is 2. The van der Waals surface area contributed by atoms with Crippen LogP contribution in [0.4, 0.5) is 42.4 Å². The molecule has 2 saturated heterocycles. The van der Waals surface area contributed by atoms with Crippen molar-refractivity contribution in [3.05, 3.63) is 42.0 Å². The van der Waals surface area contributed by atoms with E-state index < -0.39 is 45.9 Å². The molecule has 2 aliphatic heterocycles. The molecule has 4 N–H and O–H groups in total. The average molecular weight is 716 g/mol. The predicted molar refractivity (Wildman–Crippen MR) is 188 cm³/mol. The minimum atomic E-state index is -3.80. The molecule has 16 heteroatoms. The normalized spacial score (nSPS) is 18.5. The number of nitrogens with zero attached hydrogens (tertiary/aromatic N) is 4. The number of pyridine rings is 2. The van der Waals surface area contributed by atoms with Crippen LogP contribution < -0.4 is 25.2 Å². The molecule has 2 amide bonds. The van der Waals surface area contributed by atoms with E-state index in [0.29, 0.717) is 40.7 Å². The number of carbonyl (C=O) groups is 2. The minimum absolute atomic E-state index is 0.00610. The van der Waals surface area contributed by atoms with Gasteiger partial charge in [0.15, 0.2) is 5.82 Å². The maximum atomic E-state index is 14.2. The zero-order chi connectivity index (χ0) is 35.9. The Morgan fingerprint density at radius 3 is 2.22 bits per heavy atom. The summed E-state index contributed by atoms with van der Waals surface area (Å²) in [6.45, 7) is 6.09. The van der Waals surface area contributed by atoms with Gasteiger partial charge >= 0.3 is 6.09 Å². The fourth-order valence-corrected chi connectivity index (χ4v) is 7.23. The average Bonchev–Trinajstić information content (AvgIpc) is 3.78. The standard InChI is InChI=1S/C34H43F2N7O6S/c1-32(2,3)49-31(46)40-26-7-4-22-20-27(38-29(28(22)37-26)43-16-12-34(35,36)13-17-43)39-30(45)24-6-5-23(41-50(47,48)19-18-44)21-25(24)42-14-10-33(8-9-33)11-15-42/h4-7,20-21,41,44H,8-19H2,1-3H3,(H,37,40,46)(H,38,39,45). The van der Waals surface area contributed by atoms with Crippen molar-refractivity contribution >= 4 is 61.8 Å². The zero-order valence-corrected chi connectivity index (χ0v) is 29.2. The van der Waals surface area contributed by atoms with Gasteiger partial charge in [-0.05, 0) is 88.3 Å². The topological polar surface area (TPSA) is 166 Å². The van der Waals surface area contributed by atoms with Gasteiger partial charge in [0.2, 0.25) is 10.0 Å². The van der Waals surface area contributed by atoms with Crippen LogP contribution in [-0.2, 0) is 14.8 Å². The van der Waals surface area contributed by atoms with Gasteiger partial charge in [-0.1, -0.05) is 0 Å². The molecule has 0 unspecified atom stereocenters. The molecule has 1 aliphatic carbocycles. The molecule has 3 aliphatic rings. The Labute approximate surface area is 289 Å². The lowest BCUT2D eigenvalue weighted by molar-refractivity contribution is -0.0221. The molecule has 270 valence electrons. The van der Waals surface area contributed by atoms with Gasteiger partial charge in [0.25, 0.3) is 11.8 Å². The number of aromatic nitrogens is 2. The number of halogens is 2. The van der Waals surface area contributed by atoms with Crippen molar-refractivity contribution in [1.82, 2.24) is 9.97 Å². The van der Waals surface area contributed by atoms with Gasteiger partial charge in [0.1, 0.15) is 22.8 Å². The molecule has 4 heterocycles. The third-order valence-corrected chi connectivity index (χ3v) is 10.6. The number of fused-ring (bicyclic) bond motifs is 1. The molecular weight excluding hydrogens is 672 g/mol. The van der Waals surface area contributed by atoms with Gasteiger partial charge in [-0.15, -0.1) is 0 Å². The number of benzene rings is 1. The SMILES string of the molecule is CC(C)(C)OC(=O)Nc1ccc2cc(NC(=O)c3ccc(NS(=O)(=O)CCO)cc3N3CCC4(CC3)CC4)nc(N3CCC(F)(F)CC3)c2n1. The number of alkyl halides is 2. The van der Waals surface area contributed by atoms with Gasteiger partial charge in [0, 0.05) is 44.4 Å². The van der Waals surface area contributed by atoms with Crippen LogP contribution in [0.15, 0.2) is 36.4 Å². The number of nitrogens with one attached hydrogen (secondary N) is 3. The summed E-state index contributed by atoms with van der Waals surface area (Å²) in [6, 6.07) is 9.56. The number of hydrogen-bond donors (Lipinski definition) is 4. The molecule has 6 rings (SSSR count). The van der Waals surface area contributed by atoms with Crippen molar-refractivity contribution in [3.63, 3.8) is 0 Å². The van der Waals surface area contributed by atoms with Crippen molar-refractivity contribution in [3.8, 4) is 0 Å². The monoisotopic (exact) mass is 715 g/mol. The van der Waals surface area contributed by atoms with Crippen LogP contribution in [0, 0.1) is 5.41 Å². The summed E-state index contributed by atoms with van der Waals surface area (Å²) in [4.78, 5) is 39.5. The first-order valence-electron chi connectivity index (χ1n) is 16.8. The Balaban J connectivity index is 1.32. The van der Waals surface area contributed by atoms with E-state index in [1.54, 1.807) is 56.0 Å². The van der Waals surface area contributed by atoms with Gasteiger partial charge in [-0.2, -0.15) is 0 Å². The number of aliphatic hydroxyl groups is 1. The Kier molecular flexibility index (Phi) is 9.54. The van der Waals surface area contributed by atoms with Crippen molar-refractivity contribution in [2.75, 3.05) is 63.7 Å². The smallest absolute Gasteiger partial charge is 0.413 e. The number of anilines is 5. The van der Waals surface area contributed by atoms with Crippen LogP contribution in [0.2, 0.25) is 0 Å². The number of rotatable bonds is 9. The van der Waals surface area contributed by atoms with Crippen molar-refractivity contribution in [2.24, 2.45) is 5.41 Å². The first-order chi connectivity index (χ1) is 23.5. The highest BCUT2D eigenvalue weighted by molar-refractivity contribution is 7.92. The highest BCUT2D eigenvalue weighted by Gasteiger charge is 2.44. The van der Waals surface area contributed by atoms with Crippen LogP contribution in [0.25, 0.3) is 10.9 Å². The second-order valence-corrected chi connectivity index (χ2v) is 16.2. The van der Waals surface area contributed by atoms with Gasteiger partial charge in [-0.25, -0.2) is 32.0 Å². The molecule has 3 aromatic rings. The lowest BCUT2D eigenvalue weighted by Crippen LogP contribution is -2.40. The number of carbonyl (C=O) groups excluding carboxylic acids is 2. The van der Waals surface area contributed by atoms with E-state index in [9.17, 15) is 31.9 Å². The quantitative estimate of drug-likeness (QED) is 0.220. The second kappa shape index (κ2) is 13.4. The Morgan fingerprint density at radius 1 is 0.900 bits per heavy atom. The zero-order valence-electron chi connectivity index (χ0n) is 28.4. The molecule has 0 radical (unpaired) electrons. The summed E-state index contributed by atoms with van der Waals surface area (Å²) in [7, 11) is -3.80. The molecule has 3 fully saturated rings. The minimum Gasteiger partial charge on any atom is -0.444 e. The van der Waals surface area contributed by atoms with E-state index >= 15 is 0 Å². The van der Waals surface area contributed by atoms with Crippen LogP contribution in [-0.4, -0.2) is 85.6 Å². The third kappa shape index (κ3) is 8.52. The fraction of sp³-hybridized carbons (Fsp3) is 0.529. The molecule has 1 saturated carbocycles. The molecule has 1 aromatic carbocycles. The summed E-state index contributed by atoms with van der Waals surface area (Å²) < 4.78 is 61.0. The number of aliphatic hydroxyl groups excluding tert-OH is 1. The van der Waals surface area contributed by atoms with Crippen LogP contribution >= 0.6 is 0 Å². The Hall–Kier alpha value is -4.31. The molecule has 0 atom stereocenters. The summed E-state index contributed by atoms with van der Waals surface area (Å²) in [5.74, 6) is -3.13. The molecule has 1 spiro atoms. The van der Waals surface area contributed by atoms with Crippen LogP contribution in [0.3, 0.4) is 0 Å². The molecule has 13 nitrogen and oxygen atoms in total. The number of ether oxygens (including phenoxy) is 1. The van der Waals surface area contributed by atoms with Crippen molar-refractivity contribution in [2.45, 2.75) is 70.8 Å². The van der Waals surface area contributed by atoms with E-state index in [-0.39, 0.29) is 49.1 Å². The summed E-state index contributed by atoms with van der Waals surface area (Å²) in [5, 5.41) is 15.2. The van der Waals surface area contributed by atoms with Gasteiger partial charge in [0.05, 0.1) is 29.3 Å².